The normalized spacial score (nSPS) is 19.2. The quantitative estimate of drug-likeness (QED) is 0.641. The number of rotatable bonds is 4. The number of hydrogen-bond donors (Lipinski definition) is 2. The third-order valence-electron chi connectivity index (χ3n) is 2.90. The Morgan fingerprint density at radius 1 is 1.50 bits per heavy atom. The predicted octanol–water partition coefficient (Wildman–Crippen LogP) is 2.31. The van der Waals surface area contributed by atoms with Crippen molar-refractivity contribution in [2.24, 2.45) is 0 Å². The average Bonchev–Trinajstić information content (AvgIpc) is 2.81. The van der Waals surface area contributed by atoms with Crippen LogP contribution in [-0.4, -0.2) is 24.1 Å². The lowest BCUT2D eigenvalue weighted by atomic mass is 10.1. The zero-order valence-corrected chi connectivity index (χ0v) is 9.53. The summed E-state index contributed by atoms with van der Waals surface area (Å²) in [5.41, 5.74) is -0.374. The summed E-state index contributed by atoms with van der Waals surface area (Å²) in [6, 6.07) is 3.59. The van der Waals surface area contributed by atoms with Gasteiger partial charge in [-0.3, -0.25) is 10.1 Å². The molecule has 98 valence electrons. The van der Waals surface area contributed by atoms with Crippen LogP contribution >= 0.6 is 0 Å². The number of nitro benzene ring substituents is 1. The molecule has 1 aliphatic rings. The molecule has 0 aromatic heterocycles. The van der Waals surface area contributed by atoms with Crippen molar-refractivity contribution in [1.29, 1.82) is 0 Å². The average molecular weight is 257 g/mol. The highest BCUT2D eigenvalue weighted by Gasteiger charge is 2.21. The van der Waals surface area contributed by atoms with E-state index in [1.807, 2.05) is 0 Å². The number of benzene rings is 1. The largest absolute Gasteiger partial charge is 0.381 e. The standard InChI is InChI=1S/C11H13F2N3O2/c12-11(13)9-5-8(16(17)18)1-2-10(9)15-7-3-4-14-6-7/h1-2,5,7,11,14-15H,3-4,6H2. The summed E-state index contributed by atoms with van der Waals surface area (Å²) in [5, 5.41) is 16.7. The van der Waals surface area contributed by atoms with Crippen LogP contribution in [0.3, 0.4) is 0 Å². The first-order chi connectivity index (χ1) is 8.58. The smallest absolute Gasteiger partial charge is 0.270 e. The van der Waals surface area contributed by atoms with Gasteiger partial charge in [0.25, 0.3) is 12.1 Å². The number of hydrogen-bond acceptors (Lipinski definition) is 4. The second-order valence-electron chi connectivity index (χ2n) is 4.16. The van der Waals surface area contributed by atoms with Gasteiger partial charge in [-0.1, -0.05) is 0 Å². The van der Waals surface area contributed by atoms with Crippen molar-refractivity contribution < 1.29 is 13.7 Å². The predicted molar refractivity (Wildman–Crippen MR) is 63.0 cm³/mol. The monoisotopic (exact) mass is 257 g/mol. The van der Waals surface area contributed by atoms with Crippen LogP contribution in [0, 0.1) is 10.1 Å². The van der Waals surface area contributed by atoms with E-state index in [0.29, 0.717) is 6.54 Å². The first-order valence-electron chi connectivity index (χ1n) is 5.61. The minimum Gasteiger partial charge on any atom is -0.381 e. The minimum absolute atomic E-state index is 0.0870. The van der Waals surface area contributed by atoms with E-state index in [2.05, 4.69) is 10.6 Å². The lowest BCUT2D eigenvalue weighted by Crippen LogP contribution is -2.22. The molecule has 1 aromatic carbocycles. The van der Waals surface area contributed by atoms with Gasteiger partial charge >= 0.3 is 0 Å². The molecule has 0 bridgehead atoms. The summed E-state index contributed by atoms with van der Waals surface area (Å²) >= 11 is 0. The molecule has 1 heterocycles. The number of halogens is 2. The van der Waals surface area contributed by atoms with E-state index in [1.165, 1.54) is 12.1 Å². The van der Waals surface area contributed by atoms with Crippen molar-refractivity contribution in [2.45, 2.75) is 18.9 Å². The van der Waals surface area contributed by atoms with Gasteiger partial charge < -0.3 is 10.6 Å². The Hall–Kier alpha value is -1.76. The Kier molecular flexibility index (Phi) is 3.71. The summed E-state index contributed by atoms with van der Waals surface area (Å²) in [4.78, 5) is 9.89. The number of alkyl halides is 2. The van der Waals surface area contributed by atoms with Gasteiger partial charge in [-0.25, -0.2) is 8.78 Å². The van der Waals surface area contributed by atoms with Crippen LogP contribution in [-0.2, 0) is 0 Å². The van der Waals surface area contributed by atoms with E-state index in [0.717, 1.165) is 19.0 Å². The number of nitrogens with zero attached hydrogens (tertiary/aromatic N) is 1. The zero-order chi connectivity index (χ0) is 13.1. The third kappa shape index (κ3) is 2.73. The fraction of sp³-hybridized carbons (Fsp3) is 0.455. The molecule has 2 rings (SSSR count). The summed E-state index contributed by atoms with van der Waals surface area (Å²) in [6.07, 6.45) is -1.89. The molecule has 1 aliphatic heterocycles. The maximum atomic E-state index is 12.9. The molecule has 18 heavy (non-hydrogen) atoms. The molecule has 5 nitrogen and oxygen atoms in total. The number of nitrogens with one attached hydrogen (secondary N) is 2. The van der Waals surface area contributed by atoms with Crippen LogP contribution in [0.25, 0.3) is 0 Å². The number of anilines is 1. The highest BCUT2D eigenvalue weighted by molar-refractivity contribution is 5.57. The van der Waals surface area contributed by atoms with Gasteiger partial charge in [0.05, 0.1) is 4.92 Å². The second-order valence-corrected chi connectivity index (χ2v) is 4.16. The molecule has 1 saturated heterocycles. The highest BCUT2D eigenvalue weighted by atomic mass is 19.3. The molecule has 1 unspecified atom stereocenters. The maximum Gasteiger partial charge on any atom is 0.270 e. The number of nitro groups is 1. The summed E-state index contributed by atoms with van der Waals surface area (Å²) in [5.74, 6) is 0. The van der Waals surface area contributed by atoms with Gasteiger partial charge in [0.1, 0.15) is 0 Å². The fourth-order valence-electron chi connectivity index (χ4n) is 1.97. The second kappa shape index (κ2) is 5.26. The summed E-state index contributed by atoms with van der Waals surface area (Å²) < 4.78 is 25.7. The first-order valence-corrected chi connectivity index (χ1v) is 5.61. The van der Waals surface area contributed by atoms with Crippen molar-refractivity contribution in [1.82, 2.24) is 5.32 Å². The molecule has 1 atom stereocenters. The van der Waals surface area contributed by atoms with Gasteiger partial charge in [-0.15, -0.1) is 0 Å². The zero-order valence-electron chi connectivity index (χ0n) is 9.53. The van der Waals surface area contributed by atoms with E-state index in [1.54, 1.807) is 0 Å². The first kappa shape index (κ1) is 12.7. The molecular weight excluding hydrogens is 244 g/mol. The molecule has 7 heteroatoms. The molecule has 0 aliphatic carbocycles. The van der Waals surface area contributed by atoms with Crippen LogP contribution in [0.1, 0.15) is 18.4 Å². The fourth-order valence-corrected chi connectivity index (χ4v) is 1.97. The topological polar surface area (TPSA) is 67.2 Å². The van der Waals surface area contributed by atoms with Crippen LogP contribution in [0.2, 0.25) is 0 Å². The Bertz CT molecular complexity index is 448. The Morgan fingerprint density at radius 2 is 2.28 bits per heavy atom. The Morgan fingerprint density at radius 3 is 2.83 bits per heavy atom. The van der Waals surface area contributed by atoms with Gasteiger partial charge in [0.15, 0.2) is 0 Å². The van der Waals surface area contributed by atoms with Gasteiger partial charge in [0, 0.05) is 36.0 Å². The maximum absolute atomic E-state index is 12.9. The van der Waals surface area contributed by atoms with E-state index >= 15 is 0 Å². The van der Waals surface area contributed by atoms with E-state index in [4.69, 9.17) is 0 Å². The van der Waals surface area contributed by atoms with Crippen molar-refractivity contribution in [3.8, 4) is 0 Å². The Balaban J connectivity index is 2.25. The highest BCUT2D eigenvalue weighted by Crippen LogP contribution is 2.31. The third-order valence-corrected chi connectivity index (χ3v) is 2.90. The van der Waals surface area contributed by atoms with Crippen LogP contribution in [0.5, 0.6) is 0 Å². The lowest BCUT2D eigenvalue weighted by molar-refractivity contribution is -0.385. The summed E-state index contributed by atoms with van der Waals surface area (Å²) in [7, 11) is 0. The minimum atomic E-state index is -2.73. The molecule has 2 N–H and O–H groups in total. The molecule has 0 saturated carbocycles. The van der Waals surface area contributed by atoms with Crippen LogP contribution < -0.4 is 10.6 Å². The molecule has 0 spiro atoms. The Labute approximate surface area is 102 Å². The van der Waals surface area contributed by atoms with Crippen molar-refractivity contribution in [2.75, 3.05) is 18.4 Å². The molecular formula is C11H13F2N3O2. The van der Waals surface area contributed by atoms with E-state index in [-0.39, 0.29) is 23.0 Å². The molecule has 0 radical (unpaired) electrons. The van der Waals surface area contributed by atoms with E-state index < -0.39 is 11.3 Å². The number of non-ortho nitro benzene ring substituents is 1. The molecule has 0 amide bonds. The van der Waals surface area contributed by atoms with Crippen molar-refractivity contribution in [3.05, 3.63) is 33.9 Å². The molecule has 1 aromatic rings. The SMILES string of the molecule is O=[N+]([O-])c1ccc(NC2CCNC2)c(C(F)F)c1. The van der Waals surface area contributed by atoms with Crippen LogP contribution in [0.15, 0.2) is 18.2 Å². The van der Waals surface area contributed by atoms with Gasteiger partial charge in [0.2, 0.25) is 0 Å². The van der Waals surface area contributed by atoms with Gasteiger partial charge in [-0.2, -0.15) is 0 Å². The molecule has 1 fully saturated rings. The summed E-state index contributed by atoms with van der Waals surface area (Å²) in [6.45, 7) is 1.55. The van der Waals surface area contributed by atoms with Gasteiger partial charge in [-0.05, 0) is 19.0 Å². The van der Waals surface area contributed by atoms with E-state index in [9.17, 15) is 18.9 Å². The lowest BCUT2D eigenvalue weighted by Gasteiger charge is -2.16. The van der Waals surface area contributed by atoms with Crippen LogP contribution in [0.4, 0.5) is 20.2 Å². The van der Waals surface area contributed by atoms with Crippen molar-refractivity contribution in [3.63, 3.8) is 0 Å². The van der Waals surface area contributed by atoms with Crippen molar-refractivity contribution >= 4 is 11.4 Å².